The van der Waals surface area contributed by atoms with Gasteiger partial charge in [-0.05, 0) is 17.7 Å². The molecule has 0 saturated carbocycles. The number of fused-ring (bicyclic) bond motifs is 1. The van der Waals surface area contributed by atoms with Gasteiger partial charge < -0.3 is 10.2 Å². The van der Waals surface area contributed by atoms with Gasteiger partial charge in [0.25, 0.3) is 5.69 Å². The lowest BCUT2D eigenvalue weighted by Gasteiger charge is -2.17. The van der Waals surface area contributed by atoms with E-state index in [9.17, 15) is 19.7 Å². The highest BCUT2D eigenvalue weighted by atomic mass is 79.9. The first-order chi connectivity index (χ1) is 16.3. The Morgan fingerprint density at radius 2 is 1.94 bits per heavy atom. The van der Waals surface area contributed by atoms with Gasteiger partial charge in [-0.1, -0.05) is 46.3 Å². The molecule has 0 saturated heterocycles. The molecule has 0 fully saturated rings. The summed E-state index contributed by atoms with van der Waals surface area (Å²) in [4.78, 5) is 42.2. The third kappa shape index (κ3) is 5.15. The number of hydrogen-bond donors (Lipinski definition) is 1. The zero-order valence-electron chi connectivity index (χ0n) is 18.1. The van der Waals surface area contributed by atoms with E-state index in [4.69, 9.17) is 0 Å². The van der Waals surface area contributed by atoms with Gasteiger partial charge in [-0.15, -0.1) is 11.3 Å². The smallest absolute Gasteiger partial charge is 0.273 e. The average molecular weight is 542 g/mol. The van der Waals surface area contributed by atoms with Crippen LogP contribution < -0.4 is 5.32 Å². The molecule has 0 unspecified atom stereocenters. The number of hydrogen-bond acceptors (Lipinski definition) is 6. The summed E-state index contributed by atoms with van der Waals surface area (Å²) in [5, 5.41) is 16.0. The second-order valence-electron chi connectivity index (χ2n) is 7.58. The van der Waals surface area contributed by atoms with Gasteiger partial charge in [0.05, 0.1) is 42.0 Å². The van der Waals surface area contributed by atoms with Crippen molar-refractivity contribution in [1.82, 2.24) is 19.6 Å². The lowest BCUT2D eigenvalue weighted by Crippen LogP contribution is -2.38. The van der Waals surface area contributed by atoms with Crippen LogP contribution in [-0.4, -0.2) is 44.6 Å². The predicted octanol–water partition coefficient (Wildman–Crippen LogP) is 4.05. The molecule has 9 nitrogen and oxygen atoms in total. The maximum atomic E-state index is 12.5. The van der Waals surface area contributed by atoms with Gasteiger partial charge in [-0.25, -0.2) is 4.98 Å². The minimum absolute atomic E-state index is 0.115. The van der Waals surface area contributed by atoms with E-state index in [-0.39, 0.29) is 37.0 Å². The highest BCUT2D eigenvalue weighted by Gasteiger charge is 2.19. The van der Waals surface area contributed by atoms with E-state index in [1.165, 1.54) is 29.4 Å². The highest BCUT2D eigenvalue weighted by molar-refractivity contribution is 9.10. The van der Waals surface area contributed by atoms with Gasteiger partial charge in [0.15, 0.2) is 4.96 Å². The maximum Gasteiger partial charge on any atom is 0.273 e. The molecule has 0 radical (unpaired) electrons. The van der Waals surface area contributed by atoms with Crippen LogP contribution in [0.25, 0.3) is 16.2 Å². The molecule has 0 atom stereocenters. The van der Waals surface area contributed by atoms with Gasteiger partial charge in [0, 0.05) is 28.5 Å². The Bertz CT molecular complexity index is 1370. The molecule has 0 aliphatic rings. The standard InChI is InChI=1S/C23H20BrN5O4S/c1-27(22(31)10-16-4-2-3-5-19(16)29(32)33)13-21(30)25-11-18-12-26-23-28(18)20(14-34-23)15-6-8-17(24)9-7-15/h2-9,12,14H,10-11,13H2,1H3,(H,25,30). The van der Waals surface area contributed by atoms with Crippen molar-refractivity contribution in [1.29, 1.82) is 0 Å². The number of nitrogens with one attached hydrogen (secondary N) is 1. The lowest BCUT2D eigenvalue weighted by molar-refractivity contribution is -0.385. The number of nitro groups is 1. The maximum absolute atomic E-state index is 12.5. The van der Waals surface area contributed by atoms with Crippen molar-refractivity contribution in [2.75, 3.05) is 13.6 Å². The molecule has 4 aromatic rings. The normalized spacial score (nSPS) is 10.9. The average Bonchev–Trinajstić information content (AvgIpc) is 3.41. The van der Waals surface area contributed by atoms with E-state index in [0.29, 0.717) is 5.56 Å². The Morgan fingerprint density at radius 3 is 2.68 bits per heavy atom. The number of benzene rings is 2. The summed E-state index contributed by atoms with van der Waals surface area (Å²) in [6.45, 7) is 0.0804. The molecule has 0 aliphatic carbocycles. The van der Waals surface area contributed by atoms with Crippen LogP contribution in [0.15, 0.2) is 64.6 Å². The van der Waals surface area contributed by atoms with Gasteiger partial charge >= 0.3 is 0 Å². The van der Waals surface area contributed by atoms with Crippen LogP contribution in [0.4, 0.5) is 5.69 Å². The summed E-state index contributed by atoms with van der Waals surface area (Å²) in [7, 11) is 1.50. The molecule has 0 bridgehead atoms. The van der Waals surface area contributed by atoms with E-state index >= 15 is 0 Å². The Labute approximate surface area is 207 Å². The number of nitrogens with zero attached hydrogens (tertiary/aromatic N) is 4. The van der Waals surface area contributed by atoms with Crippen molar-refractivity contribution in [2.45, 2.75) is 13.0 Å². The Balaban J connectivity index is 1.39. The van der Waals surface area contributed by atoms with Crippen molar-refractivity contribution < 1.29 is 14.5 Å². The molecule has 0 aliphatic heterocycles. The number of nitro benzene ring substituents is 1. The number of carbonyl (C=O) groups excluding carboxylic acids is 2. The van der Waals surface area contributed by atoms with Crippen molar-refractivity contribution in [3.63, 3.8) is 0 Å². The van der Waals surface area contributed by atoms with Crippen LogP contribution in [0, 0.1) is 10.1 Å². The minimum Gasteiger partial charge on any atom is -0.349 e. The summed E-state index contributed by atoms with van der Waals surface area (Å²) in [5.41, 5.74) is 3.02. The molecular formula is C23H20BrN5O4S. The molecule has 2 aromatic heterocycles. The van der Waals surface area contributed by atoms with Crippen LogP contribution >= 0.6 is 27.3 Å². The second-order valence-corrected chi connectivity index (χ2v) is 9.34. The van der Waals surface area contributed by atoms with E-state index in [1.54, 1.807) is 24.4 Å². The number of thiazole rings is 1. The number of para-hydroxylation sites is 1. The number of aromatic nitrogens is 2. The topological polar surface area (TPSA) is 110 Å². The van der Waals surface area contributed by atoms with Crippen molar-refractivity contribution >= 4 is 49.7 Å². The minimum atomic E-state index is -0.519. The fourth-order valence-electron chi connectivity index (χ4n) is 3.50. The van der Waals surface area contributed by atoms with Gasteiger partial charge in [0.1, 0.15) is 0 Å². The van der Waals surface area contributed by atoms with Crippen molar-refractivity contribution in [3.05, 3.63) is 86.0 Å². The summed E-state index contributed by atoms with van der Waals surface area (Å²) in [5.74, 6) is -0.722. The van der Waals surface area contributed by atoms with E-state index in [2.05, 4.69) is 26.2 Å². The Morgan fingerprint density at radius 1 is 1.21 bits per heavy atom. The molecule has 1 N–H and O–H groups in total. The van der Waals surface area contributed by atoms with Gasteiger partial charge in [0.2, 0.25) is 11.8 Å². The van der Waals surface area contributed by atoms with E-state index in [0.717, 1.165) is 26.4 Å². The van der Waals surface area contributed by atoms with Gasteiger partial charge in [-0.3, -0.25) is 24.1 Å². The molecule has 174 valence electrons. The van der Waals surface area contributed by atoms with Crippen LogP contribution in [0.5, 0.6) is 0 Å². The molecular weight excluding hydrogens is 522 g/mol. The molecule has 4 rings (SSSR count). The number of carbonyl (C=O) groups is 2. The molecule has 2 amide bonds. The first-order valence-electron chi connectivity index (χ1n) is 10.3. The van der Waals surface area contributed by atoms with Gasteiger partial charge in [-0.2, -0.15) is 0 Å². The number of imidazole rings is 1. The predicted molar refractivity (Wildman–Crippen MR) is 132 cm³/mol. The first kappa shape index (κ1) is 23.6. The first-order valence-corrected chi connectivity index (χ1v) is 11.9. The molecule has 11 heteroatoms. The van der Waals surface area contributed by atoms with E-state index in [1.807, 2.05) is 34.0 Å². The number of rotatable bonds is 8. The van der Waals surface area contributed by atoms with Crippen molar-refractivity contribution in [2.24, 2.45) is 0 Å². The lowest BCUT2D eigenvalue weighted by atomic mass is 10.1. The fourth-order valence-corrected chi connectivity index (χ4v) is 4.66. The summed E-state index contributed by atoms with van der Waals surface area (Å²) in [6, 6.07) is 14.0. The fraction of sp³-hybridized carbons (Fsp3) is 0.174. The third-order valence-electron chi connectivity index (χ3n) is 5.26. The zero-order valence-corrected chi connectivity index (χ0v) is 20.5. The van der Waals surface area contributed by atoms with Crippen LogP contribution in [0.1, 0.15) is 11.3 Å². The summed E-state index contributed by atoms with van der Waals surface area (Å²) in [6.07, 6.45) is 1.56. The Hall–Kier alpha value is -3.57. The highest BCUT2D eigenvalue weighted by Crippen LogP contribution is 2.28. The second kappa shape index (κ2) is 10.1. The van der Waals surface area contributed by atoms with Crippen molar-refractivity contribution in [3.8, 4) is 11.3 Å². The Kier molecular flexibility index (Phi) is 7.03. The van der Waals surface area contributed by atoms with Crippen LogP contribution in [0.2, 0.25) is 0 Å². The number of amides is 2. The SMILES string of the molecule is CN(CC(=O)NCc1cnc2scc(-c3ccc(Br)cc3)n12)C(=O)Cc1ccccc1[N+](=O)[O-]. The molecule has 2 aromatic carbocycles. The molecule has 0 spiro atoms. The van der Waals surface area contributed by atoms with E-state index < -0.39 is 4.92 Å². The summed E-state index contributed by atoms with van der Waals surface area (Å²) >= 11 is 4.96. The summed E-state index contributed by atoms with van der Waals surface area (Å²) < 4.78 is 2.98. The van der Waals surface area contributed by atoms with Crippen LogP contribution in [-0.2, 0) is 22.6 Å². The number of halogens is 1. The van der Waals surface area contributed by atoms with Crippen LogP contribution in [0.3, 0.4) is 0 Å². The molecule has 34 heavy (non-hydrogen) atoms. The molecule has 2 heterocycles. The third-order valence-corrected chi connectivity index (χ3v) is 6.63. The largest absolute Gasteiger partial charge is 0.349 e. The quantitative estimate of drug-likeness (QED) is 0.267. The monoisotopic (exact) mass is 541 g/mol. The number of likely N-dealkylation sites (N-methyl/N-ethyl adjacent to an activating group) is 1. The zero-order chi connectivity index (χ0) is 24.2.